The molecule has 0 aromatic heterocycles. The molecule has 0 spiro atoms. The molecule has 0 aliphatic carbocycles. The lowest BCUT2D eigenvalue weighted by atomic mass is 9.78. The van der Waals surface area contributed by atoms with Crippen molar-refractivity contribution in [2.45, 2.75) is 150 Å². The molecule has 2 atom stereocenters. The number of phenolic OH excluding ortho intramolecular Hbond substituents is 2. The minimum absolute atomic E-state index is 0.285. The Kier molecular flexibility index (Phi) is 14.4. The molecule has 0 aliphatic rings. The number of ether oxygens (including phenoxy) is 4. The lowest BCUT2D eigenvalue weighted by molar-refractivity contribution is -0.156. The van der Waals surface area contributed by atoms with Crippen molar-refractivity contribution in [3.63, 3.8) is 0 Å². The highest BCUT2D eigenvalue weighted by molar-refractivity contribution is 5.88. The van der Waals surface area contributed by atoms with Gasteiger partial charge in [0.1, 0.15) is 23.0 Å². The highest BCUT2D eigenvalue weighted by Crippen LogP contribution is 2.42. The van der Waals surface area contributed by atoms with Gasteiger partial charge >= 0.3 is 11.9 Å². The number of hydrogen-bond acceptors (Lipinski definition) is 8. The Hall–Kier alpha value is -5.50. The normalized spacial score (nSPS) is 13.9. The van der Waals surface area contributed by atoms with E-state index in [4.69, 9.17) is 18.9 Å². The van der Waals surface area contributed by atoms with Crippen LogP contribution in [0.2, 0.25) is 0 Å². The van der Waals surface area contributed by atoms with Crippen LogP contribution in [0.3, 0.4) is 0 Å². The second-order valence-electron chi connectivity index (χ2n) is 20.5. The van der Waals surface area contributed by atoms with Gasteiger partial charge in [0, 0.05) is 53.7 Å². The van der Waals surface area contributed by atoms with E-state index >= 15 is 0 Å². The molecule has 2 N–H and O–H groups in total. The lowest BCUT2D eigenvalue weighted by Gasteiger charge is -2.27. The third-order valence-corrected chi connectivity index (χ3v) is 10.6. The van der Waals surface area contributed by atoms with Crippen molar-refractivity contribution >= 4 is 24.1 Å². The minimum Gasteiger partial charge on any atom is -0.507 e. The minimum atomic E-state index is -0.834. The molecule has 0 amide bonds. The predicted octanol–water partition coefficient (Wildman–Crippen LogP) is 12.6. The topological polar surface area (TPSA) is 112 Å². The molecule has 0 radical (unpaired) electrons. The molecule has 328 valence electrons. The Morgan fingerprint density at radius 2 is 0.738 bits per heavy atom. The van der Waals surface area contributed by atoms with Crippen molar-refractivity contribution < 1.29 is 38.7 Å². The maximum atomic E-state index is 12.8. The Balaban J connectivity index is 1.34. The van der Waals surface area contributed by atoms with E-state index in [1.54, 1.807) is 26.0 Å². The average Bonchev–Trinajstić information content (AvgIpc) is 3.12. The molecule has 0 saturated heterocycles. The summed E-state index contributed by atoms with van der Waals surface area (Å²) in [4.78, 5) is 25.6. The van der Waals surface area contributed by atoms with Crippen molar-refractivity contribution in [1.82, 2.24) is 0 Å². The second kappa shape index (κ2) is 18.2. The Morgan fingerprint density at radius 3 is 0.984 bits per heavy atom. The molecule has 4 aromatic carbocycles. The highest BCUT2D eigenvalue weighted by Gasteiger charge is 2.28. The van der Waals surface area contributed by atoms with Gasteiger partial charge in [-0.2, -0.15) is 0 Å². The van der Waals surface area contributed by atoms with E-state index in [1.165, 1.54) is 12.2 Å². The van der Waals surface area contributed by atoms with Gasteiger partial charge in [0.25, 0.3) is 0 Å². The van der Waals surface area contributed by atoms with Crippen molar-refractivity contribution in [3.05, 3.63) is 129 Å². The number of carbonyl (C=O) groups is 2. The van der Waals surface area contributed by atoms with Crippen LogP contribution in [0, 0.1) is 0 Å². The van der Waals surface area contributed by atoms with Gasteiger partial charge in [-0.3, -0.25) is 0 Å². The van der Waals surface area contributed by atoms with Crippen molar-refractivity contribution in [2.24, 2.45) is 0 Å². The quantitative estimate of drug-likeness (QED) is 0.0825. The van der Waals surface area contributed by atoms with Crippen molar-refractivity contribution in [2.75, 3.05) is 0 Å². The molecular formula is C53H68O8. The summed E-state index contributed by atoms with van der Waals surface area (Å²) in [6.45, 7) is 32.2. The monoisotopic (exact) mass is 832 g/mol. The smallest absolute Gasteiger partial charge is 0.333 e. The molecule has 4 aromatic rings. The number of rotatable bonds is 12. The molecule has 0 heterocycles. The first-order valence-electron chi connectivity index (χ1n) is 21.0. The number of esters is 2. The zero-order valence-corrected chi connectivity index (χ0v) is 39.2. The number of hydrogen-bond donors (Lipinski definition) is 2. The highest BCUT2D eigenvalue weighted by atomic mass is 16.7. The summed E-state index contributed by atoms with van der Waals surface area (Å²) in [6, 6.07) is 23.0. The van der Waals surface area contributed by atoms with E-state index < -0.39 is 24.5 Å². The van der Waals surface area contributed by atoms with Crippen LogP contribution < -0.4 is 9.47 Å². The fourth-order valence-electron chi connectivity index (χ4n) is 7.03. The van der Waals surface area contributed by atoms with Gasteiger partial charge < -0.3 is 29.2 Å². The van der Waals surface area contributed by atoms with E-state index in [-0.39, 0.29) is 38.6 Å². The first-order valence-corrected chi connectivity index (χ1v) is 21.0. The fourth-order valence-corrected chi connectivity index (χ4v) is 7.03. The number of benzene rings is 4. The maximum Gasteiger partial charge on any atom is 0.333 e. The zero-order valence-electron chi connectivity index (χ0n) is 39.2. The van der Waals surface area contributed by atoms with Crippen LogP contribution in [0.1, 0.15) is 155 Å². The Morgan fingerprint density at radius 1 is 0.475 bits per heavy atom. The summed E-state index contributed by atoms with van der Waals surface area (Å²) in [5.74, 6) is 0.601. The Bertz CT molecular complexity index is 2000. The molecule has 2 unspecified atom stereocenters. The maximum absolute atomic E-state index is 12.8. The summed E-state index contributed by atoms with van der Waals surface area (Å²) in [5.41, 5.74) is 5.44. The van der Waals surface area contributed by atoms with E-state index in [9.17, 15) is 19.8 Å². The van der Waals surface area contributed by atoms with Crippen LogP contribution in [-0.2, 0) is 46.1 Å². The Labute approximate surface area is 364 Å². The van der Waals surface area contributed by atoms with Crippen LogP contribution in [0.25, 0.3) is 12.2 Å². The van der Waals surface area contributed by atoms with Crippen LogP contribution in [0.4, 0.5) is 0 Å². The summed E-state index contributed by atoms with van der Waals surface area (Å²) >= 11 is 0. The van der Waals surface area contributed by atoms with Crippen molar-refractivity contribution in [3.8, 4) is 23.0 Å². The van der Waals surface area contributed by atoms with E-state index in [0.717, 1.165) is 44.5 Å². The van der Waals surface area contributed by atoms with Gasteiger partial charge in [-0.25, -0.2) is 9.59 Å². The first-order chi connectivity index (χ1) is 28.0. The molecule has 0 saturated carbocycles. The van der Waals surface area contributed by atoms with Crippen LogP contribution in [0.5, 0.6) is 23.0 Å². The molecule has 8 heteroatoms. The summed E-state index contributed by atoms with van der Waals surface area (Å²) in [5, 5.41) is 22.0. The van der Waals surface area contributed by atoms with Gasteiger partial charge in [-0.15, -0.1) is 0 Å². The van der Waals surface area contributed by atoms with Gasteiger partial charge in [-0.1, -0.05) is 121 Å². The average molecular weight is 833 g/mol. The van der Waals surface area contributed by atoms with Crippen LogP contribution in [-0.4, -0.2) is 34.7 Å². The van der Waals surface area contributed by atoms with Gasteiger partial charge in [0.2, 0.25) is 12.6 Å². The molecule has 4 rings (SSSR count). The molecule has 0 aliphatic heterocycles. The molecule has 0 fully saturated rings. The molecule has 0 bridgehead atoms. The van der Waals surface area contributed by atoms with E-state index in [0.29, 0.717) is 11.5 Å². The predicted molar refractivity (Wildman–Crippen MR) is 246 cm³/mol. The fraction of sp³-hybridized carbons (Fsp3) is 0.434. The number of carbonyl (C=O) groups excluding carboxylic acids is 2. The lowest BCUT2D eigenvalue weighted by Crippen LogP contribution is -2.21. The largest absolute Gasteiger partial charge is 0.507 e. The van der Waals surface area contributed by atoms with Gasteiger partial charge in [-0.05, 0) is 105 Å². The molecule has 61 heavy (non-hydrogen) atoms. The van der Waals surface area contributed by atoms with E-state index in [2.05, 4.69) is 13.8 Å². The van der Waals surface area contributed by atoms with Crippen molar-refractivity contribution in [1.29, 1.82) is 0 Å². The molecule has 8 nitrogen and oxygen atoms in total. The van der Waals surface area contributed by atoms with E-state index in [1.807, 2.05) is 156 Å². The SMILES string of the molecule is CC(OC(=O)/C=C/c1cc(C(C)(C)C)c(O)c(C(C)(C)C)c1)Oc1ccc(C(C)(C)c2ccc(OC(C)OC(=O)/C=C/c3cc(C(C)(C)C)c(O)c(C(C)(C)C)c3)cc2)cc1. The zero-order chi connectivity index (χ0) is 45.9. The third kappa shape index (κ3) is 12.8. The number of phenols is 2. The first kappa shape index (κ1) is 48.2. The summed E-state index contributed by atoms with van der Waals surface area (Å²) in [6.07, 6.45) is 4.49. The molecular weight excluding hydrogens is 765 g/mol. The van der Waals surface area contributed by atoms with Gasteiger partial charge in [0.05, 0.1) is 0 Å². The third-order valence-electron chi connectivity index (χ3n) is 10.6. The van der Waals surface area contributed by atoms with Crippen LogP contribution in [0.15, 0.2) is 84.9 Å². The van der Waals surface area contributed by atoms with Gasteiger partial charge in [0.15, 0.2) is 0 Å². The summed E-state index contributed by atoms with van der Waals surface area (Å²) < 4.78 is 22.9. The summed E-state index contributed by atoms with van der Waals surface area (Å²) in [7, 11) is 0. The van der Waals surface area contributed by atoms with Crippen LogP contribution >= 0.6 is 0 Å². The standard InChI is InChI=1S/C53H68O8/c1-33(60-45(54)27-17-35-29-41(49(3,4)5)47(56)42(30-35)50(6,7)8)58-39-23-19-37(20-24-39)53(15,16)38-21-25-40(26-22-38)59-34(2)61-46(55)28-18-36-31-43(51(9,10)11)48(57)44(32-36)52(12,13)14/h17-34,56-57H,1-16H3/b27-17+,28-18+. The number of aromatic hydroxyl groups is 2. The second-order valence-corrected chi connectivity index (χ2v) is 20.5.